The van der Waals surface area contributed by atoms with Gasteiger partial charge in [-0.1, -0.05) is 6.07 Å². The van der Waals surface area contributed by atoms with Crippen LogP contribution in [-0.2, 0) is 6.42 Å². The van der Waals surface area contributed by atoms with Crippen LogP contribution in [0.25, 0.3) is 0 Å². The lowest BCUT2D eigenvalue weighted by Gasteiger charge is -2.23. The van der Waals surface area contributed by atoms with Crippen LogP contribution in [0.1, 0.15) is 22.8 Å². The molecule has 1 N–H and O–H groups in total. The van der Waals surface area contributed by atoms with Crippen LogP contribution in [-0.4, -0.2) is 19.1 Å². The summed E-state index contributed by atoms with van der Waals surface area (Å²) in [5, 5.41) is 2.89. The second-order valence-corrected chi connectivity index (χ2v) is 3.57. The Balaban J connectivity index is 2.52. The van der Waals surface area contributed by atoms with Gasteiger partial charge in [0.1, 0.15) is 5.75 Å². The third kappa shape index (κ3) is 1.35. The Kier molecular flexibility index (Phi) is 2.15. The number of rotatable bonds is 1. The highest BCUT2D eigenvalue weighted by molar-refractivity contribution is 5.97. The van der Waals surface area contributed by atoms with Crippen LogP contribution in [0.3, 0.4) is 0 Å². The van der Waals surface area contributed by atoms with Crippen molar-refractivity contribution in [2.24, 2.45) is 0 Å². The van der Waals surface area contributed by atoms with E-state index in [2.05, 4.69) is 5.32 Å². The van der Waals surface area contributed by atoms with Crippen molar-refractivity contribution < 1.29 is 9.53 Å². The molecule has 0 aliphatic carbocycles. The average molecular weight is 191 g/mol. The molecule has 0 saturated heterocycles. The molecule has 1 unspecified atom stereocenters. The maximum Gasteiger partial charge on any atom is 0.251 e. The molecule has 0 saturated carbocycles. The second kappa shape index (κ2) is 3.33. The second-order valence-electron chi connectivity index (χ2n) is 3.57. The summed E-state index contributed by atoms with van der Waals surface area (Å²) in [7, 11) is 1.63. The number of carbonyl (C=O) groups is 1. The normalized spacial score (nSPS) is 19.9. The quantitative estimate of drug-likeness (QED) is 0.728. The van der Waals surface area contributed by atoms with Crippen LogP contribution in [0.15, 0.2) is 18.2 Å². The zero-order valence-corrected chi connectivity index (χ0v) is 8.33. The van der Waals surface area contributed by atoms with Crippen LogP contribution >= 0.6 is 0 Å². The molecule has 1 aliphatic heterocycles. The Morgan fingerprint density at radius 2 is 2.29 bits per heavy atom. The first kappa shape index (κ1) is 9.06. The number of ether oxygens (including phenoxy) is 1. The van der Waals surface area contributed by atoms with E-state index in [1.165, 1.54) is 0 Å². The molecule has 3 nitrogen and oxygen atoms in total. The Labute approximate surface area is 83.1 Å². The van der Waals surface area contributed by atoms with Gasteiger partial charge >= 0.3 is 0 Å². The lowest BCUT2D eigenvalue weighted by atomic mass is 9.95. The maximum absolute atomic E-state index is 11.6. The van der Waals surface area contributed by atoms with Crippen molar-refractivity contribution in [3.63, 3.8) is 0 Å². The smallest absolute Gasteiger partial charge is 0.251 e. The molecule has 1 aromatic carbocycles. The van der Waals surface area contributed by atoms with E-state index in [0.717, 1.165) is 23.3 Å². The van der Waals surface area contributed by atoms with Crippen LogP contribution < -0.4 is 10.1 Å². The van der Waals surface area contributed by atoms with Gasteiger partial charge in [-0.25, -0.2) is 0 Å². The minimum Gasteiger partial charge on any atom is -0.496 e. The van der Waals surface area contributed by atoms with Crippen molar-refractivity contribution in [3.05, 3.63) is 29.3 Å². The monoisotopic (exact) mass is 191 g/mol. The van der Waals surface area contributed by atoms with Crippen LogP contribution in [0.4, 0.5) is 0 Å². The fraction of sp³-hybridized carbons (Fsp3) is 0.364. The van der Waals surface area contributed by atoms with E-state index in [0.29, 0.717) is 0 Å². The predicted octanol–water partition coefficient (Wildman–Crippen LogP) is 1.37. The summed E-state index contributed by atoms with van der Waals surface area (Å²) in [6.45, 7) is 1.99. The standard InChI is InChI=1S/C11H13NO2/c1-7-6-9-8(11(13)12-7)4-3-5-10(9)14-2/h3-5,7H,6H2,1-2H3,(H,12,13). The topological polar surface area (TPSA) is 38.3 Å². The molecule has 0 spiro atoms. The number of benzene rings is 1. The lowest BCUT2D eigenvalue weighted by Crippen LogP contribution is -2.39. The first-order chi connectivity index (χ1) is 6.72. The van der Waals surface area contributed by atoms with E-state index in [1.807, 2.05) is 25.1 Å². The number of fused-ring (bicyclic) bond motifs is 1. The van der Waals surface area contributed by atoms with Crippen molar-refractivity contribution in [3.8, 4) is 5.75 Å². The molecule has 2 rings (SSSR count). The fourth-order valence-corrected chi connectivity index (χ4v) is 1.84. The molecule has 0 fully saturated rings. The molecule has 1 aliphatic rings. The summed E-state index contributed by atoms with van der Waals surface area (Å²) in [5.41, 5.74) is 1.76. The Bertz CT molecular complexity index is 374. The fourth-order valence-electron chi connectivity index (χ4n) is 1.84. The first-order valence-corrected chi connectivity index (χ1v) is 4.69. The van der Waals surface area contributed by atoms with Crippen molar-refractivity contribution >= 4 is 5.91 Å². The molecular weight excluding hydrogens is 178 g/mol. The zero-order chi connectivity index (χ0) is 10.1. The number of hydrogen-bond acceptors (Lipinski definition) is 2. The van der Waals surface area contributed by atoms with E-state index in [-0.39, 0.29) is 11.9 Å². The third-order valence-electron chi connectivity index (χ3n) is 2.49. The summed E-state index contributed by atoms with van der Waals surface area (Å²) >= 11 is 0. The van der Waals surface area contributed by atoms with E-state index >= 15 is 0 Å². The highest BCUT2D eigenvalue weighted by Crippen LogP contribution is 2.26. The van der Waals surface area contributed by atoms with Crippen LogP contribution in [0.2, 0.25) is 0 Å². The molecule has 1 atom stereocenters. The molecule has 0 bridgehead atoms. The van der Waals surface area contributed by atoms with E-state index in [4.69, 9.17) is 4.74 Å². The molecule has 14 heavy (non-hydrogen) atoms. The van der Waals surface area contributed by atoms with Gasteiger partial charge in [0.15, 0.2) is 0 Å². The van der Waals surface area contributed by atoms with E-state index < -0.39 is 0 Å². The van der Waals surface area contributed by atoms with Gasteiger partial charge in [0.2, 0.25) is 0 Å². The summed E-state index contributed by atoms with van der Waals surface area (Å²) in [4.78, 5) is 11.6. The van der Waals surface area contributed by atoms with Crippen molar-refractivity contribution in [2.75, 3.05) is 7.11 Å². The van der Waals surface area contributed by atoms with E-state index in [9.17, 15) is 4.79 Å². The molecule has 1 aromatic rings. The Morgan fingerprint density at radius 1 is 1.50 bits per heavy atom. The zero-order valence-electron chi connectivity index (χ0n) is 8.33. The summed E-state index contributed by atoms with van der Waals surface area (Å²) < 4.78 is 5.23. The van der Waals surface area contributed by atoms with Crippen LogP contribution in [0.5, 0.6) is 5.75 Å². The minimum atomic E-state index is -0.00218. The van der Waals surface area contributed by atoms with E-state index in [1.54, 1.807) is 7.11 Å². The Hall–Kier alpha value is -1.51. The molecular formula is C11H13NO2. The van der Waals surface area contributed by atoms with Gasteiger partial charge in [-0.3, -0.25) is 4.79 Å². The molecule has 0 radical (unpaired) electrons. The Morgan fingerprint density at radius 3 is 3.00 bits per heavy atom. The third-order valence-corrected chi connectivity index (χ3v) is 2.49. The SMILES string of the molecule is COc1cccc2c1CC(C)NC2=O. The largest absolute Gasteiger partial charge is 0.496 e. The number of hydrogen-bond donors (Lipinski definition) is 1. The summed E-state index contributed by atoms with van der Waals surface area (Å²) in [6.07, 6.45) is 0.838. The maximum atomic E-state index is 11.6. The van der Waals surface area contributed by atoms with Gasteiger partial charge in [-0.05, 0) is 25.5 Å². The average Bonchev–Trinajstić information content (AvgIpc) is 2.17. The van der Waals surface area contributed by atoms with Gasteiger partial charge < -0.3 is 10.1 Å². The molecule has 1 heterocycles. The van der Waals surface area contributed by atoms with Crippen LogP contribution in [0, 0.1) is 0 Å². The van der Waals surface area contributed by atoms with Crippen molar-refractivity contribution in [2.45, 2.75) is 19.4 Å². The first-order valence-electron chi connectivity index (χ1n) is 4.69. The number of carbonyl (C=O) groups excluding carboxylic acids is 1. The lowest BCUT2D eigenvalue weighted by molar-refractivity contribution is 0.0928. The highest BCUT2D eigenvalue weighted by Gasteiger charge is 2.23. The van der Waals surface area contributed by atoms with Crippen molar-refractivity contribution in [1.29, 1.82) is 0 Å². The predicted molar refractivity (Wildman–Crippen MR) is 53.6 cm³/mol. The highest BCUT2D eigenvalue weighted by atomic mass is 16.5. The van der Waals surface area contributed by atoms with Gasteiger partial charge in [0, 0.05) is 17.2 Å². The van der Waals surface area contributed by atoms with Gasteiger partial charge in [0.25, 0.3) is 5.91 Å². The number of amides is 1. The minimum absolute atomic E-state index is 0.00218. The number of nitrogens with one attached hydrogen (secondary N) is 1. The summed E-state index contributed by atoms with van der Waals surface area (Å²) in [6, 6.07) is 5.75. The van der Waals surface area contributed by atoms with Gasteiger partial charge in [-0.15, -0.1) is 0 Å². The molecule has 0 aromatic heterocycles. The number of methoxy groups -OCH3 is 1. The van der Waals surface area contributed by atoms with Gasteiger partial charge in [-0.2, -0.15) is 0 Å². The summed E-state index contributed by atoms with van der Waals surface area (Å²) in [5.74, 6) is 0.807. The van der Waals surface area contributed by atoms with Crippen molar-refractivity contribution in [1.82, 2.24) is 5.32 Å². The molecule has 74 valence electrons. The molecule has 3 heteroatoms. The van der Waals surface area contributed by atoms with Gasteiger partial charge in [0.05, 0.1) is 7.11 Å². The molecule has 1 amide bonds.